The van der Waals surface area contributed by atoms with Gasteiger partial charge >= 0.3 is 0 Å². The Morgan fingerprint density at radius 1 is 1.32 bits per heavy atom. The van der Waals surface area contributed by atoms with Gasteiger partial charge in [-0.1, -0.05) is 5.16 Å². The molecule has 1 heterocycles. The lowest BCUT2D eigenvalue weighted by molar-refractivity contribution is 0.1000. The van der Waals surface area contributed by atoms with E-state index in [0.29, 0.717) is 0 Å². The van der Waals surface area contributed by atoms with Crippen LogP contribution in [-0.2, 0) is 10.0 Å². The van der Waals surface area contributed by atoms with E-state index in [9.17, 15) is 13.2 Å². The Morgan fingerprint density at radius 3 is 2.58 bits per heavy atom. The smallest absolute Gasteiger partial charge is 0.265 e. The number of amides is 1. The third-order valence-corrected chi connectivity index (χ3v) is 3.69. The second-order valence-corrected chi connectivity index (χ2v) is 5.26. The summed E-state index contributed by atoms with van der Waals surface area (Å²) in [5.41, 5.74) is 10.7. The van der Waals surface area contributed by atoms with Crippen molar-refractivity contribution >= 4 is 27.4 Å². The van der Waals surface area contributed by atoms with Crippen molar-refractivity contribution < 1.29 is 17.7 Å². The number of nitrogens with one attached hydrogen (secondary N) is 1. The summed E-state index contributed by atoms with van der Waals surface area (Å²) < 4.78 is 30.7. The zero-order valence-corrected chi connectivity index (χ0v) is 10.3. The summed E-state index contributed by atoms with van der Waals surface area (Å²) in [6.45, 7) is 0. The highest BCUT2D eigenvalue weighted by atomic mass is 32.2. The number of aromatic nitrogens is 1. The number of primary amides is 1. The standard InChI is InChI=1S/C10H10N4O4S/c11-7-5-6(10(12)15)1-2-8(7)19(16,17)14-9-3-4-18-13-9/h1-5H,11H2,(H2,12,15)(H,13,14). The fourth-order valence-electron chi connectivity index (χ4n) is 1.40. The number of nitrogens with zero attached hydrogens (tertiary/aromatic N) is 1. The van der Waals surface area contributed by atoms with Crippen LogP contribution >= 0.6 is 0 Å². The molecule has 0 saturated heterocycles. The van der Waals surface area contributed by atoms with Crippen LogP contribution in [-0.4, -0.2) is 19.5 Å². The van der Waals surface area contributed by atoms with Gasteiger partial charge in [0.2, 0.25) is 5.91 Å². The molecule has 1 aromatic heterocycles. The first-order valence-corrected chi connectivity index (χ1v) is 6.51. The Hall–Kier alpha value is -2.55. The van der Waals surface area contributed by atoms with Crippen molar-refractivity contribution in [2.75, 3.05) is 10.5 Å². The molecule has 2 aromatic rings. The number of nitrogens with two attached hydrogens (primary N) is 2. The monoisotopic (exact) mass is 282 g/mol. The Kier molecular flexibility index (Phi) is 3.13. The molecule has 0 fully saturated rings. The average Bonchev–Trinajstić information content (AvgIpc) is 2.80. The third-order valence-electron chi connectivity index (χ3n) is 2.26. The minimum atomic E-state index is -3.91. The number of sulfonamides is 1. The van der Waals surface area contributed by atoms with Gasteiger partial charge in [-0.05, 0) is 18.2 Å². The zero-order valence-electron chi connectivity index (χ0n) is 9.53. The zero-order chi connectivity index (χ0) is 14.0. The van der Waals surface area contributed by atoms with Gasteiger partial charge in [-0.25, -0.2) is 8.42 Å². The van der Waals surface area contributed by atoms with Crippen LogP contribution < -0.4 is 16.2 Å². The third kappa shape index (κ3) is 2.65. The van der Waals surface area contributed by atoms with Gasteiger partial charge in [-0.3, -0.25) is 9.52 Å². The summed E-state index contributed by atoms with van der Waals surface area (Å²) >= 11 is 0. The lowest BCUT2D eigenvalue weighted by atomic mass is 10.2. The molecule has 1 amide bonds. The van der Waals surface area contributed by atoms with E-state index in [2.05, 4.69) is 14.4 Å². The van der Waals surface area contributed by atoms with Crippen LogP contribution in [0.5, 0.6) is 0 Å². The molecule has 5 N–H and O–H groups in total. The Bertz CT molecular complexity index is 709. The molecule has 0 atom stereocenters. The van der Waals surface area contributed by atoms with E-state index < -0.39 is 15.9 Å². The molecule has 0 spiro atoms. The number of rotatable bonds is 4. The first-order chi connectivity index (χ1) is 8.90. The molecular formula is C10H10N4O4S. The Labute approximate surface area is 108 Å². The van der Waals surface area contributed by atoms with Crippen LogP contribution in [0.15, 0.2) is 39.9 Å². The van der Waals surface area contributed by atoms with E-state index in [0.717, 1.165) is 0 Å². The SMILES string of the molecule is NC(=O)c1ccc(S(=O)(=O)Nc2ccon2)c(N)c1. The van der Waals surface area contributed by atoms with E-state index in [1.807, 2.05) is 0 Å². The van der Waals surface area contributed by atoms with Gasteiger partial charge in [0.05, 0.1) is 5.69 Å². The number of carbonyl (C=O) groups is 1. The lowest BCUT2D eigenvalue weighted by Gasteiger charge is -2.08. The number of benzene rings is 1. The van der Waals surface area contributed by atoms with Gasteiger partial charge in [0.15, 0.2) is 5.82 Å². The highest BCUT2D eigenvalue weighted by Gasteiger charge is 2.19. The number of hydrogen-bond acceptors (Lipinski definition) is 6. The summed E-state index contributed by atoms with van der Waals surface area (Å²) in [5.74, 6) is -0.668. The fourth-order valence-corrected chi connectivity index (χ4v) is 2.51. The molecule has 0 bridgehead atoms. The molecule has 100 valence electrons. The molecule has 2 rings (SSSR count). The van der Waals surface area contributed by atoms with E-state index >= 15 is 0 Å². The van der Waals surface area contributed by atoms with E-state index in [4.69, 9.17) is 11.5 Å². The highest BCUT2D eigenvalue weighted by molar-refractivity contribution is 7.92. The average molecular weight is 282 g/mol. The van der Waals surface area contributed by atoms with Crippen molar-refractivity contribution in [1.82, 2.24) is 5.16 Å². The fraction of sp³-hybridized carbons (Fsp3) is 0. The number of carbonyl (C=O) groups excluding carboxylic acids is 1. The van der Waals surface area contributed by atoms with Gasteiger partial charge in [0.25, 0.3) is 10.0 Å². The van der Waals surface area contributed by atoms with Crippen molar-refractivity contribution in [2.24, 2.45) is 5.73 Å². The molecule has 0 saturated carbocycles. The van der Waals surface area contributed by atoms with Gasteiger partial charge in [0.1, 0.15) is 11.2 Å². The van der Waals surface area contributed by atoms with Crippen molar-refractivity contribution in [3.8, 4) is 0 Å². The predicted octanol–water partition coefficient (Wildman–Crippen LogP) is 0.156. The molecule has 0 aliphatic rings. The maximum Gasteiger partial charge on any atom is 0.265 e. The summed E-state index contributed by atoms with van der Waals surface area (Å²) in [4.78, 5) is 10.8. The van der Waals surface area contributed by atoms with Crippen molar-refractivity contribution in [3.05, 3.63) is 36.1 Å². The quantitative estimate of drug-likeness (QED) is 0.682. The van der Waals surface area contributed by atoms with Crippen LogP contribution in [0, 0.1) is 0 Å². The molecule has 0 unspecified atom stereocenters. The molecular weight excluding hydrogens is 272 g/mol. The first kappa shape index (κ1) is 12.9. The molecule has 9 heteroatoms. The van der Waals surface area contributed by atoms with E-state index in [1.54, 1.807) is 0 Å². The molecule has 0 radical (unpaired) electrons. The first-order valence-electron chi connectivity index (χ1n) is 5.02. The Balaban J connectivity index is 2.38. The molecule has 0 aliphatic carbocycles. The predicted molar refractivity (Wildman–Crippen MR) is 66.7 cm³/mol. The summed E-state index contributed by atoms with van der Waals surface area (Å²) in [5, 5.41) is 3.42. The highest BCUT2D eigenvalue weighted by Crippen LogP contribution is 2.22. The van der Waals surface area contributed by atoms with Crippen LogP contribution in [0.1, 0.15) is 10.4 Å². The van der Waals surface area contributed by atoms with Crippen LogP contribution in [0.25, 0.3) is 0 Å². The minimum absolute atomic E-state index is 0.0263. The van der Waals surface area contributed by atoms with Gasteiger partial charge < -0.3 is 16.0 Å². The number of hydrogen-bond donors (Lipinski definition) is 3. The maximum absolute atomic E-state index is 12.0. The molecule has 19 heavy (non-hydrogen) atoms. The van der Waals surface area contributed by atoms with Crippen molar-refractivity contribution in [2.45, 2.75) is 4.90 Å². The summed E-state index contributed by atoms with van der Waals surface area (Å²) in [7, 11) is -3.91. The largest absolute Gasteiger partial charge is 0.398 e. The second-order valence-electron chi connectivity index (χ2n) is 3.61. The van der Waals surface area contributed by atoms with Crippen molar-refractivity contribution in [3.63, 3.8) is 0 Å². The topological polar surface area (TPSA) is 141 Å². The number of anilines is 2. The second kappa shape index (κ2) is 4.61. The maximum atomic E-state index is 12.0. The van der Waals surface area contributed by atoms with Crippen LogP contribution in [0.3, 0.4) is 0 Å². The van der Waals surface area contributed by atoms with Gasteiger partial charge in [0, 0.05) is 11.6 Å². The minimum Gasteiger partial charge on any atom is -0.398 e. The lowest BCUT2D eigenvalue weighted by Crippen LogP contribution is -2.17. The van der Waals surface area contributed by atoms with Crippen molar-refractivity contribution in [1.29, 1.82) is 0 Å². The van der Waals surface area contributed by atoms with E-state index in [1.165, 1.54) is 30.5 Å². The number of nitrogen functional groups attached to an aromatic ring is 1. The Morgan fingerprint density at radius 2 is 2.05 bits per heavy atom. The molecule has 8 nitrogen and oxygen atoms in total. The molecule has 1 aromatic carbocycles. The van der Waals surface area contributed by atoms with Gasteiger partial charge in [-0.2, -0.15) is 0 Å². The summed E-state index contributed by atoms with van der Waals surface area (Å²) in [6, 6.07) is 5.00. The van der Waals surface area contributed by atoms with Crippen LogP contribution in [0.4, 0.5) is 11.5 Å². The van der Waals surface area contributed by atoms with Gasteiger partial charge in [-0.15, -0.1) is 0 Å². The van der Waals surface area contributed by atoms with E-state index in [-0.39, 0.29) is 22.0 Å². The molecule has 0 aliphatic heterocycles. The normalized spacial score (nSPS) is 11.2. The van der Waals surface area contributed by atoms with Crippen LogP contribution in [0.2, 0.25) is 0 Å². The summed E-state index contributed by atoms with van der Waals surface area (Å²) in [6.07, 6.45) is 1.22.